The van der Waals surface area contributed by atoms with Crippen molar-refractivity contribution in [3.05, 3.63) is 0 Å². The van der Waals surface area contributed by atoms with Crippen molar-refractivity contribution in [2.75, 3.05) is 19.6 Å². The van der Waals surface area contributed by atoms with Gasteiger partial charge in [-0.05, 0) is 19.6 Å². The summed E-state index contributed by atoms with van der Waals surface area (Å²) in [6.45, 7) is 8.70. The van der Waals surface area contributed by atoms with Crippen molar-refractivity contribution in [2.45, 2.75) is 42.5 Å². The molecule has 1 heterocycles. The molecule has 0 atom stereocenters. The highest BCUT2D eigenvalue weighted by Crippen LogP contribution is 2.14. The van der Waals surface area contributed by atoms with Crippen molar-refractivity contribution < 1.29 is 0 Å². The van der Waals surface area contributed by atoms with Crippen molar-refractivity contribution >= 4 is 14.1 Å². The molecular formula is C10H22AlN. The molecule has 0 saturated carbocycles. The van der Waals surface area contributed by atoms with Gasteiger partial charge in [0, 0.05) is 0 Å². The van der Waals surface area contributed by atoms with E-state index in [-0.39, 0.29) is 14.1 Å². The van der Waals surface area contributed by atoms with Gasteiger partial charge in [0.1, 0.15) is 0 Å². The Morgan fingerprint density at radius 1 is 1.08 bits per heavy atom. The molecule has 0 unspecified atom stereocenters. The summed E-state index contributed by atoms with van der Waals surface area (Å²) in [4.78, 5) is 2.61. The van der Waals surface area contributed by atoms with E-state index in [0.29, 0.717) is 0 Å². The Morgan fingerprint density at radius 2 is 1.67 bits per heavy atom. The van der Waals surface area contributed by atoms with Crippen molar-refractivity contribution in [1.29, 1.82) is 0 Å². The molecule has 0 bridgehead atoms. The topological polar surface area (TPSA) is 3.24 Å². The molecular weight excluding hydrogens is 161 g/mol. The molecule has 1 fully saturated rings. The van der Waals surface area contributed by atoms with E-state index in [0.717, 1.165) is 0 Å². The van der Waals surface area contributed by atoms with Crippen LogP contribution in [0.25, 0.3) is 0 Å². The lowest BCUT2D eigenvalue weighted by atomic mass is 10.3. The standard InChI is InChI=1S/C8H17N.C2H5.Al/c1-4-7-9(6-3)8-5-2;1-2;/h1-2,4-8H2,3H3;1H2,2H3;. The predicted molar refractivity (Wildman–Crippen MR) is 57.2 cm³/mol. The summed E-state index contributed by atoms with van der Waals surface area (Å²) in [5.74, 6) is 0. The molecule has 1 aliphatic rings. The van der Waals surface area contributed by atoms with Gasteiger partial charge in [0.05, 0.1) is 0 Å². The molecule has 0 amide bonds. The lowest BCUT2D eigenvalue weighted by Crippen LogP contribution is -2.29. The number of nitrogens with zero attached hydrogens (tertiary/aromatic N) is 1. The first-order valence-corrected chi connectivity index (χ1v) is 8.04. The van der Waals surface area contributed by atoms with Crippen LogP contribution in [-0.4, -0.2) is 38.7 Å². The van der Waals surface area contributed by atoms with Crippen molar-refractivity contribution in [2.24, 2.45) is 0 Å². The normalized spacial score (nSPS) is 22.0. The van der Waals surface area contributed by atoms with Crippen molar-refractivity contribution in [3.63, 3.8) is 0 Å². The van der Waals surface area contributed by atoms with Gasteiger partial charge in [-0.1, -0.05) is 42.5 Å². The van der Waals surface area contributed by atoms with Crippen LogP contribution < -0.4 is 0 Å². The van der Waals surface area contributed by atoms with Crippen molar-refractivity contribution in [3.8, 4) is 0 Å². The zero-order chi connectivity index (χ0) is 8.81. The average Bonchev–Trinajstić information content (AvgIpc) is 2.05. The van der Waals surface area contributed by atoms with Crippen LogP contribution in [0.1, 0.15) is 26.7 Å². The second-order valence-electron chi connectivity index (χ2n) is 3.99. The minimum atomic E-state index is -0.244. The van der Waals surface area contributed by atoms with Crippen LogP contribution >= 0.6 is 0 Å². The quantitative estimate of drug-likeness (QED) is 0.595. The van der Waals surface area contributed by atoms with Gasteiger partial charge in [0.15, 0.2) is 0 Å². The summed E-state index contributed by atoms with van der Waals surface area (Å²) in [5, 5.41) is 4.74. The highest BCUT2D eigenvalue weighted by molar-refractivity contribution is 6.58. The predicted octanol–water partition coefficient (Wildman–Crippen LogP) is 2.62. The number of rotatable bonds is 2. The van der Waals surface area contributed by atoms with Gasteiger partial charge in [-0.3, -0.25) is 0 Å². The first-order chi connectivity index (χ1) is 5.86. The molecule has 0 aromatic carbocycles. The zero-order valence-electron chi connectivity index (χ0n) is 8.68. The van der Waals surface area contributed by atoms with Crippen LogP contribution in [0.3, 0.4) is 0 Å². The fourth-order valence-corrected chi connectivity index (χ4v) is 4.81. The first kappa shape index (κ1) is 10.6. The van der Waals surface area contributed by atoms with Crippen LogP contribution in [0.15, 0.2) is 0 Å². The van der Waals surface area contributed by atoms with Gasteiger partial charge in [-0.2, -0.15) is 0 Å². The second kappa shape index (κ2) is 6.02. The molecule has 0 spiro atoms. The average molecular weight is 183 g/mol. The molecule has 0 radical (unpaired) electrons. The molecule has 1 nitrogen and oxygen atoms in total. The molecule has 12 heavy (non-hydrogen) atoms. The van der Waals surface area contributed by atoms with E-state index in [1.165, 1.54) is 37.8 Å². The Bertz CT molecular complexity index is 94.4. The Balaban J connectivity index is 2.24. The minimum absolute atomic E-state index is 0.244. The van der Waals surface area contributed by atoms with Gasteiger partial charge >= 0.3 is 0 Å². The maximum atomic E-state index is 2.61. The third-order valence-electron chi connectivity index (χ3n) is 3.20. The van der Waals surface area contributed by atoms with E-state index in [4.69, 9.17) is 0 Å². The zero-order valence-corrected chi connectivity index (χ0v) is 9.84. The molecule has 70 valence electrons. The largest absolute Gasteiger partial charge is 0.304 e. The molecule has 0 aromatic rings. The number of hydrogen-bond donors (Lipinski definition) is 0. The molecule has 0 N–H and O–H groups in total. The van der Waals surface area contributed by atoms with E-state index in [9.17, 15) is 0 Å². The Morgan fingerprint density at radius 3 is 2.08 bits per heavy atom. The van der Waals surface area contributed by atoms with Crippen LogP contribution in [0.4, 0.5) is 0 Å². The molecule has 1 aliphatic heterocycles. The summed E-state index contributed by atoms with van der Waals surface area (Å²) >= 11 is -0.244. The monoisotopic (exact) mass is 183 g/mol. The Labute approximate surface area is 81.5 Å². The molecule has 2 heteroatoms. The highest BCUT2D eigenvalue weighted by atomic mass is 27.2. The van der Waals surface area contributed by atoms with Gasteiger partial charge in [-0.25, -0.2) is 0 Å². The Hall–Kier alpha value is 0.492. The smallest absolute Gasteiger partial charge is 0.261 e. The lowest BCUT2D eigenvalue weighted by Gasteiger charge is -2.24. The summed E-state index contributed by atoms with van der Waals surface area (Å²) in [6.07, 6.45) is 2.97. The van der Waals surface area contributed by atoms with E-state index in [2.05, 4.69) is 18.7 Å². The van der Waals surface area contributed by atoms with Gasteiger partial charge in [-0.15, -0.1) is 0 Å². The van der Waals surface area contributed by atoms with Crippen LogP contribution in [-0.2, 0) is 0 Å². The summed E-state index contributed by atoms with van der Waals surface area (Å²) in [5.41, 5.74) is 0. The van der Waals surface area contributed by atoms with Crippen LogP contribution in [0.2, 0.25) is 15.8 Å². The first-order valence-electron chi connectivity index (χ1n) is 5.59. The van der Waals surface area contributed by atoms with Gasteiger partial charge in [0.25, 0.3) is 14.1 Å². The van der Waals surface area contributed by atoms with E-state index in [1.807, 2.05) is 0 Å². The summed E-state index contributed by atoms with van der Waals surface area (Å²) in [6, 6.07) is 0. The minimum Gasteiger partial charge on any atom is -0.304 e. The molecule has 1 saturated heterocycles. The Kier molecular flexibility index (Phi) is 5.31. The highest BCUT2D eigenvalue weighted by Gasteiger charge is 2.17. The lowest BCUT2D eigenvalue weighted by molar-refractivity contribution is 0.285. The maximum Gasteiger partial charge on any atom is 0.261 e. The van der Waals surface area contributed by atoms with E-state index < -0.39 is 0 Å². The second-order valence-corrected chi connectivity index (χ2v) is 7.70. The van der Waals surface area contributed by atoms with Crippen molar-refractivity contribution in [1.82, 2.24) is 4.90 Å². The third-order valence-corrected chi connectivity index (χ3v) is 6.80. The third kappa shape index (κ3) is 3.48. The summed E-state index contributed by atoms with van der Waals surface area (Å²) in [7, 11) is 0. The summed E-state index contributed by atoms with van der Waals surface area (Å²) < 4.78 is 0. The molecule has 0 aromatic heterocycles. The van der Waals surface area contributed by atoms with Gasteiger partial charge < -0.3 is 4.90 Å². The van der Waals surface area contributed by atoms with E-state index >= 15 is 0 Å². The fraction of sp³-hybridized carbons (Fsp3) is 1.00. The van der Waals surface area contributed by atoms with Crippen LogP contribution in [0.5, 0.6) is 0 Å². The molecule has 1 rings (SSSR count). The maximum absolute atomic E-state index is 2.61. The molecule has 0 aliphatic carbocycles. The fourth-order valence-electron chi connectivity index (χ4n) is 2.19. The SMILES string of the molecule is CCN1CC[CH2][Al]([CH2]C)[CH2]CC1. The van der Waals surface area contributed by atoms with Gasteiger partial charge in [0.2, 0.25) is 0 Å². The van der Waals surface area contributed by atoms with E-state index in [1.54, 1.807) is 10.6 Å². The number of hydrogen-bond acceptors (Lipinski definition) is 1. The van der Waals surface area contributed by atoms with Crippen LogP contribution in [0, 0.1) is 0 Å².